The first-order chi connectivity index (χ1) is 21.3. The molecule has 3 aromatic heterocycles. The highest BCUT2D eigenvalue weighted by molar-refractivity contribution is 7.27. The average molecular weight is 565 g/mol. The molecule has 0 N–H and O–H groups in total. The summed E-state index contributed by atoms with van der Waals surface area (Å²) in [7, 11) is 0. The minimum Gasteiger partial charge on any atom is -0.309 e. The van der Waals surface area contributed by atoms with Gasteiger partial charge in [0.15, 0.2) is 0 Å². The topological polar surface area (TPSA) is 9.86 Å². The highest BCUT2D eigenvalue weighted by atomic mass is 32.1. The minimum atomic E-state index is 1.19. The molecule has 0 aliphatic carbocycles. The Morgan fingerprint density at radius 2 is 1.09 bits per heavy atom. The first kappa shape index (κ1) is 23.2. The van der Waals surface area contributed by atoms with Gasteiger partial charge >= 0.3 is 0 Å². The van der Waals surface area contributed by atoms with Crippen molar-refractivity contribution in [3.8, 4) is 11.4 Å². The molecule has 43 heavy (non-hydrogen) atoms. The molecule has 10 rings (SSSR count). The molecular weight excluding hydrogens is 541 g/mol. The van der Waals surface area contributed by atoms with Crippen molar-refractivity contribution in [1.82, 2.24) is 9.13 Å². The van der Waals surface area contributed by atoms with Crippen LogP contribution in [0.3, 0.4) is 0 Å². The molecule has 0 radical (unpaired) electrons. The number of rotatable bonds is 2. The van der Waals surface area contributed by atoms with Crippen molar-refractivity contribution in [3.63, 3.8) is 0 Å². The molecule has 0 atom stereocenters. The summed E-state index contributed by atoms with van der Waals surface area (Å²) in [4.78, 5) is 0. The van der Waals surface area contributed by atoms with Gasteiger partial charge in [0.2, 0.25) is 0 Å². The van der Waals surface area contributed by atoms with Crippen LogP contribution in [0.15, 0.2) is 146 Å². The van der Waals surface area contributed by atoms with E-state index in [2.05, 4.69) is 155 Å². The summed E-state index contributed by atoms with van der Waals surface area (Å²) in [5, 5.41) is 10.4. The lowest BCUT2D eigenvalue weighted by Crippen LogP contribution is -1.94. The Balaban J connectivity index is 1.39. The Morgan fingerprint density at radius 3 is 1.95 bits per heavy atom. The number of benzene rings is 7. The molecular formula is C40H24N2S. The van der Waals surface area contributed by atoms with Crippen molar-refractivity contribution in [2.45, 2.75) is 0 Å². The highest BCUT2D eigenvalue weighted by Gasteiger charge is 2.21. The van der Waals surface area contributed by atoms with Crippen molar-refractivity contribution in [2.24, 2.45) is 0 Å². The molecule has 7 aromatic carbocycles. The molecule has 0 aliphatic rings. The molecule has 2 nitrogen and oxygen atoms in total. The number of para-hydroxylation sites is 3. The van der Waals surface area contributed by atoms with Gasteiger partial charge in [0.1, 0.15) is 0 Å². The maximum Gasteiger partial charge on any atom is 0.0634 e. The Labute approximate surface area is 251 Å². The van der Waals surface area contributed by atoms with Crippen LogP contribution in [0.2, 0.25) is 0 Å². The van der Waals surface area contributed by atoms with Gasteiger partial charge in [-0.1, -0.05) is 97.1 Å². The van der Waals surface area contributed by atoms with Crippen molar-refractivity contribution in [1.29, 1.82) is 0 Å². The van der Waals surface area contributed by atoms with Crippen LogP contribution in [-0.2, 0) is 0 Å². The molecule has 3 heteroatoms. The van der Waals surface area contributed by atoms with Crippen molar-refractivity contribution in [3.05, 3.63) is 146 Å². The monoisotopic (exact) mass is 564 g/mol. The molecule has 3 heterocycles. The molecule has 0 saturated heterocycles. The summed E-state index contributed by atoms with van der Waals surface area (Å²) in [6.07, 6.45) is 0. The summed E-state index contributed by atoms with van der Waals surface area (Å²) < 4.78 is 7.57. The highest BCUT2D eigenvalue weighted by Crippen LogP contribution is 2.47. The van der Waals surface area contributed by atoms with E-state index in [9.17, 15) is 0 Å². The van der Waals surface area contributed by atoms with E-state index < -0.39 is 0 Å². The van der Waals surface area contributed by atoms with Crippen LogP contribution in [0.4, 0.5) is 0 Å². The molecule has 0 aliphatic heterocycles. The van der Waals surface area contributed by atoms with Crippen molar-refractivity contribution < 1.29 is 0 Å². The molecule has 0 fully saturated rings. The van der Waals surface area contributed by atoms with Crippen LogP contribution in [0.5, 0.6) is 0 Å². The smallest absolute Gasteiger partial charge is 0.0634 e. The van der Waals surface area contributed by atoms with Gasteiger partial charge in [-0.05, 0) is 59.3 Å². The zero-order chi connectivity index (χ0) is 28.1. The third kappa shape index (κ3) is 3.12. The number of nitrogens with zero attached hydrogens (tertiary/aromatic N) is 2. The van der Waals surface area contributed by atoms with Gasteiger partial charge in [-0.15, -0.1) is 11.3 Å². The fraction of sp³-hybridized carbons (Fsp3) is 0. The zero-order valence-corrected chi connectivity index (χ0v) is 24.0. The molecule has 0 bridgehead atoms. The number of fused-ring (bicyclic) bond motifs is 12. The van der Waals surface area contributed by atoms with E-state index in [1.54, 1.807) is 0 Å². The normalized spacial score (nSPS) is 12.2. The van der Waals surface area contributed by atoms with Crippen LogP contribution in [0, 0.1) is 0 Å². The maximum atomic E-state index is 2.49. The summed E-state index contributed by atoms with van der Waals surface area (Å²) in [6.45, 7) is 0. The van der Waals surface area contributed by atoms with E-state index in [-0.39, 0.29) is 0 Å². The molecule has 0 saturated carbocycles. The number of thiophene rings is 1. The molecule has 0 unspecified atom stereocenters. The lowest BCUT2D eigenvalue weighted by molar-refractivity contribution is 1.18. The van der Waals surface area contributed by atoms with Crippen LogP contribution < -0.4 is 0 Å². The third-order valence-electron chi connectivity index (χ3n) is 9.08. The Morgan fingerprint density at radius 1 is 0.395 bits per heavy atom. The second-order valence-corrected chi connectivity index (χ2v) is 12.4. The van der Waals surface area contributed by atoms with Gasteiger partial charge in [0.25, 0.3) is 0 Å². The average Bonchev–Trinajstić information content (AvgIpc) is 3.72. The fourth-order valence-corrected chi connectivity index (χ4v) is 8.53. The van der Waals surface area contributed by atoms with E-state index in [4.69, 9.17) is 0 Å². The van der Waals surface area contributed by atoms with Gasteiger partial charge in [0, 0.05) is 53.1 Å². The minimum absolute atomic E-state index is 1.19. The maximum absolute atomic E-state index is 2.49. The quantitative estimate of drug-likeness (QED) is 0.198. The Hall–Kier alpha value is -5.38. The molecule has 200 valence electrons. The van der Waals surface area contributed by atoms with Crippen molar-refractivity contribution in [2.75, 3.05) is 0 Å². The second kappa shape index (κ2) is 8.57. The predicted molar refractivity (Wildman–Crippen MR) is 186 cm³/mol. The summed E-state index contributed by atoms with van der Waals surface area (Å²) in [5.41, 5.74) is 7.39. The van der Waals surface area contributed by atoms with Crippen LogP contribution in [0.1, 0.15) is 0 Å². The Kier molecular flexibility index (Phi) is 4.63. The summed E-state index contributed by atoms with van der Waals surface area (Å²) >= 11 is 1.92. The first-order valence-electron chi connectivity index (χ1n) is 14.7. The largest absolute Gasteiger partial charge is 0.309 e. The SMILES string of the molecule is c1ccc(-n2c3ccccc3c3c4sc5ccc6c7ccccc7n(-c7ccc8ccccc8c7)c6c5c4ccc32)cc1. The summed E-state index contributed by atoms with van der Waals surface area (Å²) in [5.74, 6) is 0. The Bertz CT molecular complexity index is 2720. The number of hydrogen-bond donors (Lipinski definition) is 0. The number of aromatic nitrogens is 2. The molecule has 10 aromatic rings. The van der Waals surface area contributed by atoms with Crippen LogP contribution in [-0.4, -0.2) is 9.13 Å². The lowest BCUT2D eigenvalue weighted by Gasteiger charge is -2.10. The van der Waals surface area contributed by atoms with Crippen LogP contribution in [0.25, 0.3) is 85.9 Å². The second-order valence-electron chi connectivity index (χ2n) is 11.3. The van der Waals surface area contributed by atoms with Crippen molar-refractivity contribution >= 4 is 85.9 Å². The fourth-order valence-electron chi connectivity index (χ4n) is 7.27. The predicted octanol–water partition coefficient (Wildman–Crippen LogP) is 11.4. The van der Waals surface area contributed by atoms with Gasteiger partial charge in [0.05, 0.1) is 22.1 Å². The van der Waals surface area contributed by atoms with Gasteiger partial charge in [-0.2, -0.15) is 0 Å². The van der Waals surface area contributed by atoms with Gasteiger partial charge in [-0.3, -0.25) is 0 Å². The lowest BCUT2D eigenvalue weighted by atomic mass is 10.1. The molecule has 0 amide bonds. The van der Waals surface area contributed by atoms with Crippen LogP contribution >= 0.6 is 11.3 Å². The van der Waals surface area contributed by atoms with E-state index in [1.807, 2.05) is 11.3 Å². The van der Waals surface area contributed by atoms with Gasteiger partial charge in [-0.25, -0.2) is 0 Å². The standard InChI is InChI=1S/C40H24N2S/c1-2-12-27(13-3-1)41-34-17-9-7-15-31(34)37-35(41)22-20-32-38-36(43-40(32)37)23-21-30-29-14-6-8-16-33(29)42(39(30)38)28-19-18-25-10-4-5-11-26(25)24-28/h1-24H. The van der Waals surface area contributed by atoms with E-state index in [0.29, 0.717) is 0 Å². The third-order valence-corrected chi connectivity index (χ3v) is 10.3. The van der Waals surface area contributed by atoms with Gasteiger partial charge < -0.3 is 9.13 Å². The first-order valence-corrected chi connectivity index (χ1v) is 15.5. The number of hydrogen-bond acceptors (Lipinski definition) is 1. The zero-order valence-electron chi connectivity index (χ0n) is 23.2. The summed E-state index contributed by atoms with van der Waals surface area (Å²) in [6, 6.07) is 53.3. The van der Waals surface area contributed by atoms with E-state index in [1.165, 1.54) is 85.9 Å². The van der Waals surface area contributed by atoms with E-state index in [0.717, 1.165) is 0 Å². The van der Waals surface area contributed by atoms with E-state index >= 15 is 0 Å². The molecule has 0 spiro atoms.